The lowest BCUT2D eigenvalue weighted by molar-refractivity contribution is -0.0490. The van der Waals surface area contributed by atoms with Gasteiger partial charge >= 0.3 is 11.4 Å². The van der Waals surface area contributed by atoms with Crippen molar-refractivity contribution in [3.8, 4) is 0 Å². The molecule has 42 heavy (non-hydrogen) atoms. The SMILES string of the molecule is Cc1cn([C@H]2C[C@H](OP(=S)(OC[C@H]3O[C@@H](n4cc(C)c(=O)[nH]c4=O)C[C@@H]3O)c3ccccn3)[C@@H](CO)O2)c(=O)[nH]c1=O. The van der Waals surface area contributed by atoms with Crippen LogP contribution in [0.3, 0.4) is 0 Å². The summed E-state index contributed by atoms with van der Waals surface area (Å²) in [4.78, 5) is 57.1. The quantitative estimate of drug-likeness (QED) is 0.214. The molecule has 2 fully saturated rings. The van der Waals surface area contributed by atoms with E-state index in [2.05, 4.69) is 15.0 Å². The van der Waals surface area contributed by atoms with E-state index in [-0.39, 0.29) is 19.4 Å². The van der Waals surface area contributed by atoms with Gasteiger partial charge in [-0.3, -0.25) is 33.7 Å². The van der Waals surface area contributed by atoms with Crippen molar-refractivity contribution >= 4 is 23.7 Å². The largest absolute Gasteiger partial charge is 0.394 e. The molecule has 0 spiro atoms. The number of aromatic amines is 2. The molecule has 0 aliphatic carbocycles. The lowest BCUT2D eigenvalue weighted by Gasteiger charge is -2.28. The maximum Gasteiger partial charge on any atom is 0.330 e. The number of pyridine rings is 1. The first-order valence-electron chi connectivity index (χ1n) is 13.1. The first kappa shape index (κ1) is 30.4. The monoisotopic (exact) mass is 623 g/mol. The van der Waals surface area contributed by atoms with E-state index < -0.39 is 72.5 Å². The first-order chi connectivity index (χ1) is 20.0. The van der Waals surface area contributed by atoms with Crippen molar-refractivity contribution in [3.63, 3.8) is 0 Å². The highest BCUT2D eigenvalue weighted by Crippen LogP contribution is 2.51. The second-order valence-electron chi connectivity index (χ2n) is 10.1. The van der Waals surface area contributed by atoms with Crippen LogP contribution < -0.4 is 27.9 Å². The van der Waals surface area contributed by atoms with Crippen LogP contribution in [-0.4, -0.2) is 71.9 Å². The van der Waals surface area contributed by atoms with Gasteiger partial charge in [-0.1, -0.05) is 6.07 Å². The molecule has 226 valence electrons. The summed E-state index contributed by atoms with van der Waals surface area (Å²) in [5.74, 6) is 0. The third kappa shape index (κ3) is 6.16. The number of aliphatic hydroxyl groups is 2. The van der Waals surface area contributed by atoms with Crippen LogP contribution in [0.15, 0.2) is 56.0 Å². The van der Waals surface area contributed by atoms with E-state index in [1.165, 1.54) is 27.7 Å². The highest BCUT2D eigenvalue weighted by atomic mass is 32.5. The molecule has 2 aliphatic rings. The fraction of sp³-hybridized carbons (Fsp3) is 0.480. The number of H-pyrrole nitrogens is 2. The maximum atomic E-state index is 12.5. The summed E-state index contributed by atoms with van der Waals surface area (Å²) >= 11 is 5.89. The Kier molecular flexibility index (Phi) is 8.87. The number of aryl methyl sites for hydroxylation is 2. The smallest absolute Gasteiger partial charge is 0.330 e. The predicted octanol–water partition coefficient (Wildman–Crippen LogP) is -0.936. The molecule has 0 radical (unpaired) electrons. The second-order valence-corrected chi connectivity index (χ2v) is 13.4. The minimum Gasteiger partial charge on any atom is -0.394 e. The van der Waals surface area contributed by atoms with Crippen LogP contribution in [0.5, 0.6) is 0 Å². The van der Waals surface area contributed by atoms with Gasteiger partial charge < -0.3 is 28.7 Å². The number of nitrogens with zero attached hydrogens (tertiary/aromatic N) is 3. The zero-order valence-electron chi connectivity index (χ0n) is 22.6. The van der Waals surface area contributed by atoms with Gasteiger partial charge in [-0.2, -0.15) is 0 Å². The van der Waals surface area contributed by atoms with E-state index in [9.17, 15) is 29.4 Å². The van der Waals surface area contributed by atoms with E-state index >= 15 is 0 Å². The van der Waals surface area contributed by atoms with Crippen LogP contribution in [0.25, 0.3) is 0 Å². The first-order valence-corrected chi connectivity index (χ1v) is 15.7. The summed E-state index contributed by atoms with van der Waals surface area (Å²) < 4.78 is 26.7. The average molecular weight is 624 g/mol. The number of rotatable bonds is 9. The average Bonchev–Trinajstić information content (AvgIpc) is 3.54. The van der Waals surface area contributed by atoms with Crippen LogP contribution >= 0.6 is 6.49 Å². The fourth-order valence-electron chi connectivity index (χ4n) is 4.80. The molecule has 0 aromatic carbocycles. The van der Waals surface area contributed by atoms with E-state index in [1.54, 1.807) is 32.0 Å². The molecule has 0 bridgehead atoms. The fourth-order valence-corrected chi connectivity index (χ4v) is 7.34. The Balaban J connectivity index is 1.35. The van der Waals surface area contributed by atoms with Crippen molar-refractivity contribution in [1.29, 1.82) is 0 Å². The Morgan fingerprint density at radius 3 is 2.17 bits per heavy atom. The van der Waals surface area contributed by atoms with Gasteiger partial charge in [-0.05, 0) is 37.8 Å². The molecule has 2 aliphatic heterocycles. The van der Waals surface area contributed by atoms with Crippen molar-refractivity contribution < 1.29 is 28.7 Å². The van der Waals surface area contributed by atoms with Crippen LogP contribution in [-0.2, 0) is 30.3 Å². The van der Waals surface area contributed by atoms with Crippen LogP contribution in [0.4, 0.5) is 0 Å². The summed E-state index contributed by atoms with van der Waals surface area (Å²) in [6.45, 7) is -1.01. The van der Waals surface area contributed by atoms with Crippen molar-refractivity contribution in [1.82, 2.24) is 24.1 Å². The highest BCUT2D eigenvalue weighted by Gasteiger charge is 2.43. The molecule has 5 heterocycles. The zero-order chi connectivity index (χ0) is 30.2. The van der Waals surface area contributed by atoms with E-state index in [1.807, 2.05) is 0 Å². The molecule has 2 saturated heterocycles. The standard InChI is InChI=1S/C25H30N5O10PS/c1-13-9-29(24(35)27-22(13)33)20-7-15(32)18(39-20)12-37-41(42,19-5-3-4-6-26-19)40-16-8-21(38-17(16)11-31)30-10-14(2)23(34)28-25(30)36/h3-6,9-10,15-18,20-21,31-32H,7-8,11-12H2,1-2H3,(H,27,33,35)(H,28,34,36)/t15-,16-,17+,18+,20+,21+,41?/m0/s1. The van der Waals surface area contributed by atoms with E-state index in [0.717, 1.165) is 0 Å². The molecule has 0 saturated carbocycles. The molecule has 17 heteroatoms. The van der Waals surface area contributed by atoms with Gasteiger partial charge in [0.05, 0.1) is 25.4 Å². The summed E-state index contributed by atoms with van der Waals surface area (Å²) in [5, 5.41) is 20.8. The van der Waals surface area contributed by atoms with Gasteiger partial charge in [0.1, 0.15) is 30.1 Å². The van der Waals surface area contributed by atoms with Crippen LogP contribution in [0.1, 0.15) is 36.4 Å². The Bertz CT molecular complexity index is 1720. The number of aromatic nitrogens is 5. The minimum atomic E-state index is -3.43. The lowest BCUT2D eigenvalue weighted by atomic mass is 10.2. The van der Waals surface area contributed by atoms with Crippen LogP contribution in [0.2, 0.25) is 0 Å². The molecule has 3 aromatic heterocycles. The highest BCUT2D eigenvalue weighted by molar-refractivity contribution is 8.13. The molecule has 4 N–H and O–H groups in total. The topological polar surface area (TPSA) is 200 Å². The second kappa shape index (κ2) is 12.3. The molecular weight excluding hydrogens is 593 g/mol. The summed E-state index contributed by atoms with van der Waals surface area (Å²) in [7, 11) is 0. The molecule has 15 nitrogen and oxygen atoms in total. The Morgan fingerprint density at radius 1 is 1.00 bits per heavy atom. The number of nitrogens with one attached hydrogen (secondary N) is 2. The van der Waals surface area contributed by atoms with Crippen molar-refractivity contribution in [2.75, 3.05) is 13.2 Å². The summed E-state index contributed by atoms with van der Waals surface area (Å²) in [6, 6.07) is 5.03. The van der Waals surface area contributed by atoms with E-state index in [4.69, 9.17) is 30.3 Å². The normalized spacial score (nSPS) is 27.2. The third-order valence-corrected chi connectivity index (χ3v) is 10.1. The van der Waals surface area contributed by atoms with Gasteiger partial charge in [-0.15, -0.1) is 0 Å². The maximum absolute atomic E-state index is 12.5. The summed E-state index contributed by atoms with van der Waals surface area (Å²) in [6.07, 6.45) is -0.917. The molecule has 1 unspecified atom stereocenters. The molecule has 0 amide bonds. The Labute approximate surface area is 242 Å². The third-order valence-electron chi connectivity index (χ3n) is 7.09. The van der Waals surface area contributed by atoms with Crippen molar-refractivity contribution in [2.24, 2.45) is 0 Å². The molecule has 3 aromatic rings. The predicted molar refractivity (Wildman–Crippen MR) is 151 cm³/mol. The van der Waals surface area contributed by atoms with Crippen LogP contribution in [0, 0.1) is 13.8 Å². The number of ether oxygens (including phenoxy) is 2. The molecular formula is C25H30N5O10PS. The number of aliphatic hydroxyl groups excluding tert-OH is 2. The number of hydrogen-bond donors (Lipinski definition) is 4. The van der Waals surface area contributed by atoms with Crippen molar-refractivity contribution in [2.45, 2.75) is 63.6 Å². The van der Waals surface area contributed by atoms with Gasteiger partial charge in [0, 0.05) is 42.6 Å². The lowest BCUT2D eigenvalue weighted by Crippen LogP contribution is -2.33. The van der Waals surface area contributed by atoms with E-state index in [0.29, 0.717) is 16.6 Å². The molecule has 7 atom stereocenters. The Morgan fingerprint density at radius 2 is 1.60 bits per heavy atom. The van der Waals surface area contributed by atoms with Gasteiger partial charge in [-0.25, -0.2) is 9.59 Å². The Hall–Kier alpha value is -3.08. The van der Waals surface area contributed by atoms with Crippen molar-refractivity contribution in [3.05, 3.63) is 89.6 Å². The summed E-state index contributed by atoms with van der Waals surface area (Å²) in [5.41, 5.74) is -1.45. The van der Waals surface area contributed by atoms with Gasteiger partial charge in [0.15, 0.2) is 0 Å². The zero-order valence-corrected chi connectivity index (χ0v) is 24.3. The number of hydrogen-bond acceptors (Lipinski definition) is 12. The van der Waals surface area contributed by atoms with Gasteiger partial charge in [0.25, 0.3) is 11.1 Å². The minimum absolute atomic E-state index is 0.0603. The van der Waals surface area contributed by atoms with Gasteiger partial charge in [0.2, 0.25) is 6.49 Å². The molecule has 5 rings (SSSR count).